The molecule has 2 N–H and O–H groups in total. The Bertz CT molecular complexity index is 1290. The van der Waals surface area contributed by atoms with Crippen molar-refractivity contribution in [3.8, 4) is 0 Å². The van der Waals surface area contributed by atoms with Crippen molar-refractivity contribution in [2.75, 3.05) is 6.54 Å². The van der Waals surface area contributed by atoms with Gasteiger partial charge in [-0.2, -0.15) is 0 Å². The SMILES string of the molecule is C=CCN(C(=O)C(C)NC(=O)OC(C)(C)C)C(C(=O)NC(Cc1ccccc1)C(=O)OC(C)(C)C)c1cc(C)ccc1C. The average Bonchev–Trinajstić information content (AvgIpc) is 2.88. The molecular weight excluding hydrogens is 546 g/mol. The highest BCUT2D eigenvalue weighted by Crippen LogP contribution is 2.27. The molecule has 0 spiro atoms. The maximum absolute atomic E-state index is 14.3. The Morgan fingerprint density at radius 1 is 0.907 bits per heavy atom. The topological polar surface area (TPSA) is 114 Å². The fourth-order valence-electron chi connectivity index (χ4n) is 4.43. The molecule has 234 valence electrons. The summed E-state index contributed by atoms with van der Waals surface area (Å²) >= 11 is 0. The second-order valence-corrected chi connectivity index (χ2v) is 12.7. The van der Waals surface area contributed by atoms with E-state index < -0.39 is 53.2 Å². The summed E-state index contributed by atoms with van der Waals surface area (Å²) in [6.45, 7) is 19.5. The van der Waals surface area contributed by atoms with Gasteiger partial charge >= 0.3 is 12.1 Å². The number of hydrogen-bond donors (Lipinski definition) is 2. The highest BCUT2D eigenvalue weighted by atomic mass is 16.6. The van der Waals surface area contributed by atoms with Crippen LogP contribution in [-0.4, -0.2) is 58.6 Å². The van der Waals surface area contributed by atoms with Gasteiger partial charge in [-0.3, -0.25) is 9.59 Å². The number of nitrogens with zero attached hydrogens (tertiary/aromatic N) is 1. The van der Waals surface area contributed by atoms with E-state index in [1.165, 1.54) is 17.9 Å². The first-order valence-corrected chi connectivity index (χ1v) is 14.5. The van der Waals surface area contributed by atoms with Crippen LogP contribution in [-0.2, 0) is 30.3 Å². The Morgan fingerprint density at radius 3 is 2.07 bits per heavy atom. The molecule has 0 aliphatic carbocycles. The number of aryl methyl sites for hydroxylation is 2. The van der Waals surface area contributed by atoms with Crippen molar-refractivity contribution in [1.82, 2.24) is 15.5 Å². The minimum absolute atomic E-state index is 0.000426. The Balaban J connectivity index is 2.54. The number of carbonyl (C=O) groups excluding carboxylic acids is 4. The van der Waals surface area contributed by atoms with Crippen molar-refractivity contribution in [1.29, 1.82) is 0 Å². The first-order valence-electron chi connectivity index (χ1n) is 14.5. The molecule has 2 aromatic rings. The molecule has 0 bridgehead atoms. The molecule has 0 aliphatic heterocycles. The summed E-state index contributed by atoms with van der Waals surface area (Å²) < 4.78 is 11.0. The lowest BCUT2D eigenvalue weighted by molar-refractivity contribution is -0.159. The zero-order valence-corrected chi connectivity index (χ0v) is 26.9. The number of alkyl carbamates (subject to hydrolysis) is 1. The van der Waals surface area contributed by atoms with Crippen molar-refractivity contribution in [2.24, 2.45) is 0 Å². The lowest BCUT2D eigenvalue weighted by Crippen LogP contribution is -2.54. The monoisotopic (exact) mass is 593 g/mol. The molecule has 0 fully saturated rings. The van der Waals surface area contributed by atoms with E-state index in [1.54, 1.807) is 41.5 Å². The Hall–Kier alpha value is -4.14. The van der Waals surface area contributed by atoms with Gasteiger partial charge in [0.1, 0.15) is 29.3 Å². The molecule has 0 aliphatic rings. The number of hydrogen-bond acceptors (Lipinski definition) is 6. The predicted molar refractivity (Wildman–Crippen MR) is 167 cm³/mol. The quantitative estimate of drug-likeness (QED) is 0.269. The molecule has 0 radical (unpaired) electrons. The number of benzene rings is 2. The van der Waals surface area contributed by atoms with Gasteiger partial charge in [-0.25, -0.2) is 9.59 Å². The summed E-state index contributed by atoms with van der Waals surface area (Å²) in [6.07, 6.45) is 0.943. The van der Waals surface area contributed by atoms with Crippen LogP contribution in [0.2, 0.25) is 0 Å². The maximum atomic E-state index is 14.3. The van der Waals surface area contributed by atoms with Crippen molar-refractivity contribution in [3.05, 3.63) is 83.4 Å². The molecule has 9 heteroatoms. The van der Waals surface area contributed by atoms with E-state index >= 15 is 0 Å². The van der Waals surface area contributed by atoms with Crippen molar-refractivity contribution < 1.29 is 28.7 Å². The summed E-state index contributed by atoms with van der Waals surface area (Å²) in [6, 6.07) is 11.7. The minimum Gasteiger partial charge on any atom is -0.458 e. The molecule has 0 aromatic heterocycles. The fraction of sp³-hybridized carbons (Fsp3) is 0.471. The standard InChI is InChI=1S/C34H47N3O6/c1-11-19-37(30(39)24(4)35-32(41)43-34(8,9)10)28(26-20-22(2)17-18-23(26)3)29(38)36-27(31(40)42-33(5,6)7)21-25-15-13-12-14-16-25/h11-18,20,24,27-28H,1,19,21H2,2-10H3,(H,35,41)(H,36,38). The van der Waals surface area contributed by atoms with Crippen molar-refractivity contribution >= 4 is 23.9 Å². The summed E-state index contributed by atoms with van der Waals surface area (Å²) in [4.78, 5) is 55.3. The largest absolute Gasteiger partial charge is 0.458 e. The number of nitrogens with one attached hydrogen (secondary N) is 2. The van der Waals surface area contributed by atoms with Gasteiger partial charge in [-0.05, 0) is 79.0 Å². The van der Waals surface area contributed by atoms with Crippen LogP contribution in [0, 0.1) is 13.8 Å². The third kappa shape index (κ3) is 11.2. The minimum atomic E-state index is -1.14. The second-order valence-electron chi connectivity index (χ2n) is 12.7. The van der Waals surface area contributed by atoms with Gasteiger partial charge in [-0.1, -0.05) is 60.2 Å². The van der Waals surface area contributed by atoms with E-state index in [2.05, 4.69) is 17.2 Å². The summed E-state index contributed by atoms with van der Waals surface area (Å²) in [7, 11) is 0. The van der Waals surface area contributed by atoms with Crippen molar-refractivity contribution in [3.63, 3.8) is 0 Å². The second kappa shape index (κ2) is 14.8. The lowest BCUT2D eigenvalue weighted by Gasteiger charge is -2.34. The van der Waals surface area contributed by atoms with Gasteiger partial charge in [0.2, 0.25) is 11.8 Å². The van der Waals surface area contributed by atoms with Crippen LogP contribution in [0.25, 0.3) is 0 Å². The van der Waals surface area contributed by atoms with Gasteiger partial charge < -0.3 is 25.0 Å². The van der Waals surface area contributed by atoms with E-state index in [9.17, 15) is 19.2 Å². The summed E-state index contributed by atoms with van der Waals surface area (Å²) in [5.74, 6) is -1.69. The lowest BCUT2D eigenvalue weighted by atomic mass is 9.95. The summed E-state index contributed by atoms with van der Waals surface area (Å²) in [5, 5.41) is 5.46. The van der Waals surface area contributed by atoms with E-state index in [-0.39, 0.29) is 13.0 Å². The predicted octanol–water partition coefficient (Wildman–Crippen LogP) is 5.34. The van der Waals surface area contributed by atoms with E-state index in [4.69, 9.17) is 9.47 Å². The van der Waals surface area contributed by atoms with Crippen LogP contribution >= 0.6 is 0 Å². The number of ether oxygens (including phenoxy) is 2. The van der Waals surface area contributed by atoms with Crippen LogP contribution in [0.15, 0.2) is 61.2 Å². The van der Waals surface area contributed by atoms with Crippen LogP contribution in [0.4, 0.5) is 4.79 Å². The zero-order valence-electron chi connectivity index (χ0n) is 26.9. The fourth-order valence-corrected chi connectivity index (χ4v) is 4.43. The van der Waals surface area contributed by atoms with Gasteiger partial charge in [-0.15, -0.1) is 6.58 Å². The number of carbonyl (C=O) groups is 4. The summed E-state index contributed by atoms with van der Waals surface area (Å²) in [5.41, 5.74) is 1.53. The number of rotatable bonds is 11. The van der Waals surface area contributed by atoms with Gasteiger partial charge in [0.15, 0.2) is 0 Å². The van der Waals surface area contributed by atoms with E-state index in [1.807, 2.05) is 62.4 Å². The molecule has 3 atom stereocenters. The molecule has 2 rings (SSSR count). The molecule has 0 saturated carbocycles. The molecule has 3 amide bonds. The molecule has 0 saturated heterocycles. The molecule has 3 unspecified atom stereocenters. The molecule has 9 nitrogen and oxygen atoms in total. The van der Waals surface area contributed by atoms with Gasteiger partial charge in [0.25, 0.3) is 0 Å². The molecular formula is C34H47N3O6. The van der Waals surface area contributed by atoms with Crippen LogP contribution in [0.5, 0.6) is 0 Å². The van der Waals surface area contributed by atoms with E-state index in [0.29, 0.717) is 5.56 Å². The van der Waals surface area contributed by atoms with Crippen molar-refractivity contribution in [2.45, 2.75) is 98.1 Å². The number of esters is 1. The highest BCUT2D eigenvalue weighted by molar-refractivity contribution is 5.94. The maximum Gasteiger partial charge on any atom is 0.408 e. The van der Waals surface area contributed by atoms with Crippen LogP contribution < -0.4 is 10.6 Å². The van der Waals surface area contributed by atoms with Crippen LogP contribution in [0.1, 0.15) is 76.8 Å². The first kappa shape index (κ1) is 35.1. The van der Waals surface area contributed by atoms with Crippen LogP contribution in [0.3, 0.4) is 0 Å². The molecule has 2 aromatic carbocycles. The molecule has 43 heavy (non-hydrogen) atoms. The highest BCUT2D eigenvalue weighted by Gasteiger charge is 2.37. The van der Waals surface area contributed by atoms with Gasteiger partial charge in [0, 0.05) is 13.0 Å². The normalized spacial score (nSPS) is 13.6. The Morgan fingerprint density at radius 2 is 1.51 bits per heavy atom. The average molecular weight is 594 g/mol. The first-order chi connectivity index (χ1) is 19.9. The molecule has 0 heterocycles. The Labute approximate surface area is 256 Å². The zero-order chi connectivity index (χ0) is 32.5. The Kier molecular flexibility index (Phi) is 12.1. The third-order valence-corrected chi connectivity index (χ3v) is 6.29. The number of amides is 3. The van der Waals surface area contributed by atoms with Gasteiger partial charge in [0.05, 0.1) is 0 Å². The van der Waals surface area contributed by atoms with E-state index in [0.717, 1.165) is 16.7 Å². The third-order valence-electron chi connectivity index (χ3n) is 6.29. The smallest absolute Gasteiger partial charge is 0.408 e.